The molecule has 218 valence electrons. The number of rotatable bonds is 6. The molecule has 1 unspecified atom stereocenters. The molecule has 2 atom stereocenters. The van der Waals surface area contributed by atoms with Crippen LogP contribution in [0.1, 0.15) is 36.5 Å². The zero-order chi connectivity index (χ0) is 29.5. The Bertz CT molecular complexity index is 1440. The molecule has 2 aliphatic heterocycles. The topological polar surface area (TPSA) is 114 Å². The van der Waals surface area contributed by atoms with Gasteiger partial charge >= 0.3 is 12.1 Å². The van der Waals surface area contributed by atoms with Crippen LogP contribution in [0.2, 0.25) is 10.0 Å². The highest BCUT2D eigenvalue weighted by atomic mass is 35.5. The molecule has 3 heterocycles. The minimum Gasteiger partial charge on any atom is -0.480 e. The third-order valence-corrected chi connectivity index (χ3v) is 8.15. The second-order valence-electron chi connectivity index (χ2n) is 10.7. The molecule has 0 saturated carbocycles. The average Bonchev–Trinajstić information content (AvgIpc) is 3.30. The zero-order valence-electron chi connectivity index (χ0n) is 22.0. The number of benzene rings is 2. The van der Waals surface area contributed by atoms with E-state index < -0.39 is 24.3 Å². The van der Waals surface area contributed by atoms with Crippen molar-refractivity contribution >= 4 is 40.9 Å². The maximum Gasteiger partial charge on any atom is 0.429 e. The maximum atomic E-state index is 14.5. The van der Waals surface area contributed by atoms with E-state index in [9.17, 15) is 23.1 Å². The normalized spacial score (nSPS) is 19.4. The van der Waals surface area contributed by atoms with Crippen molar-refractivity contribution in [3.63, 3.8) is 0 Å². The van der Waals surface area contributed by atoms with Gasteiger partial charge in [-0.2, -0.15) is 23.1 Å². The number of hydrogen-bond donors (Lipinski definition) is 3. The van der Waals surface area contributed by atoms with Crippen molar-refractivity contribution in [2.45, 2.75) is 44.5 Å². The lowest BCUT2D eigenvalue weighted by Crippen LogP contribution is -2.41. The van der Waals surface area contributed by atoms with Crippen molar-refractivity contribution < 1.29 is 27.8 Å². The fourth-order valence-electron chi connectivity index (χ4n) is 5.66. The van der Waals surface area contributed by atoms with E-state index in [0.717, 1.165) is 5.56 Å². The second-order valence-corrected chi connectivity index (χ2v) is 11.5. The number of carbonyl (C=O) groups is 1. The number of halogens is 5. The molecular weight excluding hydrogens is 582 g/mol. The number of piperidine rings is 1. The molecule has 1 aromatic heterocycles. The van der Waals surface area contributed by atoms with Crippen molar-refractivity contribution in [1.82, 2.24) is 15.3 Å². The van der Waals surface area contributed by atoms with Crippen molar-refractivity contribution in [3.05, 3.63) is 63.6 Å². The SMILES string of the molecule is Cc1cc(Cl)cc(-c2cc(Cl)ccc2[C@@H](Oc2cc(N3CCC4(CC3)CNC(C(=O)O)C4)nc(N)n2)C(F)(F)F)c1. The number of hydrogen-bond acceptors (Lipinski definition) is 7. The first-order valence-corrected chi connectivity index (χ1v) is 13.7. The highest BCUT2D eigenvalue weighted by Gasteiger charge is 2.46. The molecule has 41 heavy (non-hydrogen) atoms. The van der Waals surface area contributed by atoms with Gasteiger partial charge in [0.2, 0.25) is 17.9 Å². The number of carboxylic acids is 1. The first kappa shape index (κ1) is 29.2. The third-order valence-electron chi connectivity index (χ3n) is 7.70. The van der Waals surface area contributed by atoms with E-state index in [-0.39, 0.29) is 33.4 Å². The van der Waals surface area contributed by atoms with Crippen LogP contribution in [0.5, 0.6) is 5.88 Å². The molecule has 0 radical (unpaired) electrons. The van der Waals surface area contributed by atoms with Crippen LogP contribution in [0, 0.1) is 12.3 Å². The Morgan fingerprint density at radius 1 is 1.15 bits per heavy atom. The quantitative estimate of drug-likeness (QED) is 0.309. The molecule has 2 saturated heterocycles. The molecule has 0 amide bonds. The molecule has 1 spiro atoms. The third kappa shape index (κ3) is 6.47. The largest absolute Gasteiger partial charge is 0.480 e. The molecule has 2 aromatic carbocycles. The first-order chi connectivity index (χ1) is 19.3. The predicted molar refractivity (Wildman–Crippen MR) is 150 cm³/mol. The number of aryl methyl sites for hydroxylation is 1. The monoisotopic (exact) mass is 609 g/mol. The zero-order valence-corrected chi connectivity index (χ0v) is 23.5. The summed E-state index contributed by atoms with van der Waals surface area (Å²) in [6, 6.07) is 9.85. The molecule has 2 aliphatic rings. The van der Waals surface area contributed by atoms with Gasteiger partial charge in [0.05, 0.1) is 0 Å². The summed E-state index contributed by atoms with van der Waals surface area (Å²) in [7, 11) is 0. The van der Waals surface area contributed by atoms with Crippen LogP contribution in [-0.4, -0.2) is 52.9 Å². The van der Waals surface area contributed by atoms with Crippen LogP contribution < -0.4 is 20.7 Å². The number of nitrogens with zero attached hydrogens (tertiary/aromatic N) is 3. The number of carboxylic acid groups (broad SMARTS) is 1. The van der Waals surface area contributed by atoms with E-state index in [1.807, 2.05) is 4.90 Å². The predicted octanol–water partition coefficient (Wildman–Crippen LogP) is 6.06. The molecule has 4 N–H and O–H groups in total. The van der Waals surface area contributed by atoms with Gasteiger partial charge in [0.15, 0.2) is 0 Å². The lowest BCUT2D eigenvalue weighted by Gasteiger charge is -2.39. The van der Waals surface area contributed by atoms with Gasteiger partial charge in [-0.25, -0.2) is 0 Å². The van der Waals surface area contributed by atoms with E-state index in [1.54, 1.807) is 25.1 Å². The number of anilines is 2. The van der Waals surface area contributed by atoms with E-state index in [1.165, 1.54) is 24.3 Å². The average molecular weight is 610 g/mol. The molecule has 3 aromatic rings. The smallest absolute Gasteiger partial charge is 0.429 e. The number of nitrogens with two attached hydrogens (primary N) is 1. The van der Waals surface area contributed by atoms with Gasteiger partial charge in [-0.05, 0) is 72.6 Å². The highest BCUT2D eigenvalue weighted by molar-refractivity contribution is 6.31. The number of aromatic nitrogens is 2. The van der Waals surface area contributed by atoms with Gasteiger partial charge in [0.1, 0.15) is 11.9 Å². The standard InChI is InChI=1S/C28H28Cl2F3N5O3/c1-15-8-16(10-18(30)9-15)20-11-17(29)2-3-19(20)24(28(31,32)33)41-23-12-22(36-26(34)37-23)38-6-4-27(5-7-38)13-21(25(39)40)35-14-27/h2-3,8-12,21,24,35H,4-7,13-14H2,1H3,(H,39,40)(H2,34,36,37)/t21?,24-/m1/s1. The molecule has 13 heteroatoms. The fourth-order valence-corrected chi connectivity index (χ4v) is 6.12. The minimum absolute atomic E-state index is 0.150. The molecule has 8 nitrogen and oxygen atoms in total. The van der Waals surface area contributed by atoms with Crippen molar-refractivity contribution in [1.29, 1.82) is 0 Å². The van der Waals surface area contributed by atoms with Gasteiger partial charge in [-0.1, -0.05) is 35.3 Å². The molecule has 2 fully saturated rings. The number of nitrogens with one attached hydrogen (secondary N) is 1. The summed E-state index contributed by atoms with van der Waals surface area (Å²) in [5, 5.41) is 13.0. The van der Waals surface area contributed by atoms with Gasteiger partial charge in [-0.15, -0.1) is 0 Å². The molecule has 0 aliphatic carbocycles. The van der Waals surface area contributed by atoms with Crippen LogP contribution >= 0.6 is 23.2 Å². The second kappa shape index (κ2) is 11.2. The Balaban J connectivity index is 1.43. The van der Waals surface area contributed by atoms with Crippen molar-refractivity contribution in [2.24, 2.45) is 5.41 Å². The van der Waals surface area contributed by atoms with E-state index in [4.69, 9.17) is 33.7 Å². The lowest BCUT2D eigenvalue weighted by atomic mass is 9.76. The number of ether oxygens (including phenoxy) is 1. The fraction of sp³-hybridized carbons (Fsp3) is 0.393. The molecular formula is C28H28Cl2F3N5O3. The van der Waals surface area contributed by atoms with E-state index >= 15 is 0 Å². The number of nitrogen functional groups attached to an aromatic ring is 1. The number of alkyl halides is 3. The Labute approximate surface area is 244 Å². The highest BCUT2D eigenvalue weighted by Crippen LogP contribution is 2.44. The van der Waals surface area contributed by atoms with Gasteiger partial charge in [0.25, 0.3) is 0 Å². The van der Waals surface area contributed by atoms with Crippen LogP contribution in [0.3, 0.4) is 0 Å². The summed E-state index contributed by atoms with van der Waals surface area (Å²) in [6.07, 6.45) is -5.29. The summed E-state index contributed by atoms with van der Waals surface area (Å²) in [5.74, 6) is -1.09. The summed E-state index contributed by atoms with van der Waals surface area (Å²) in [5.41, 5.74) is 7.05. The van der Waals surface area contributed by atoms with Crippen molar-refractivity contribution in [2.75, 3.05) is 30.3 Å². The Kier molecular flexibility index (Phi) is 7.97. The summed E-state index contributed by atoms with van der Waals surface area (Å²) in [4.78, 5) is 21.5. The summed E-state index contributed by atoms with van der Waals surface area (Å²) in [6.45, 7) is 3.45. The van der Waals surface area contributed by atoms with Crippen LogP contribution in [-0.2, 0) is 4.79 Å². The Morgan fingerprint density at radius 3 is 2.51 bits per heavy atom. The Hall–Kier alpha value is -3.28. The van der Waals surface area contributed by atoms with Crippen LogP contribution in [0.25, 0.3) is 11.1 Å². The number of aliphatic carboxylic acids is 1. The summed E-state index contributed by atoms with van der Waals surface area (Å²) >= 11 is 12.4. The Morgan fingerprint density at radius 2 is 1.88 bits per heavy atom. The first-order valence-electron chi connectivity index (χ1n) is 13.0. The molecule has 0 bridgehead atoms. The van der Waals surface area contributed by atoms with Gasteiger partial charge in [-0.3, -0.25) is 4.79 Å². The van der Waals surface area contributed by atoms with Crippen molar-refractivity contribution in [3.8, 4) is 17.0 Å². The van der Waals surface area contributed by atoms with E-state index in [2.05, 4.69) is 15.3 Å². The molecule has 5 rings (SSSR count). The maximum absolute atomic E-state index is 14.5. The van der Waals surface area contributed by atoms with Gasteiger partial charge in [0, 0.05) is 41.3 Å². The summed E-state index contributed by atoms with van der Waals surface area (Å²) < 4.78 is 49.2. The minimum atomic E-state index is -4.82. The van der Waals surface area contributed by atoms with Gasteiger partial charge < -0.3 is 25.8 Å². The van der Waals surface area contributed by atoms with Crippen LogP contribution in [0.4, 0.5) is 24.9 Å². The van der Waals surface area contributed by atoms with Crippen LogP contribution in [0.15, 0.2) is 42.5 Å². The lowest BCUT2D eigenvalue weighted by molar-refractivity contribution is -0.198. The van der Waals surface area contributed by atoms with E-state index in [0.29, 0.717) is 55.3 Å².